The number of esters is 1. The highest BCUT2D eigenvalue weighted by Crippen LogP contribution is 2.31. The van der Waals surface area contributed by atoms with Gasteiger partial charge < -0.3 is 10.1 Å². The minimum Gasteiger partial charge on any atom is -0.448 e. The molecule has 0 unspecified atom stereocenters. The van der Waals surface area contributed by atoms with E-state index in [1.54, 1.807) is 24.3 Å². The number of aryl methyl sites for hydroxylation is 2. The van der Waals surface area contributed by atoms with Crippen LogP contribution in [0.5, 0.6) is 0 Å². The zero-order valence-electron chi connectivity index (χ0n) is 13.2. The van der Waals surface area contributed by atoms with Crippen molar-refractivity contribution in [2.75, 3.05) is 5.32 Å². The quantitative estimate of drug-likeness (QED) is 0.866. The highest BCUT2D eigenvalue weighted by Gasteiger charge is 2.23. The fraction of sp³-hybridized carbons (Fsp3) is 0.278. The van der Waals surface area contributed by atoms with Crippen molar-refractivity contribution < 1.29 is 14.3 Å². The van der Waals surface area contributed by atoms with Crippen LogP contribution in [-0.2, 0) is 22.4 Å². The second kappa shape index (κ2) is 6.85. The van der Waals surface area contributed by atoms with Crippen LogP contribution in [0.1, 0.15) is 39.0 Å². The molecule has 1 aromatic heterocycles. The monoisotopic (exact) mass is 340 g/mol. The van der Waals surface area contributed by atoms with Crippen molar-refractivity contribution in [2.45, 2.75) is 32.3 Å². The van der Waals surface area contributed by atoms with Crippen LogP contribution in [0.4, 0.5) is 5.69 Å². The molecule has 0 spiro atoms. The van der Waals surface area contributed by atoms with Gasteiger partial charge in [0, 0.05) is 4.88 Å². The average Bonchev–Trinajstić information content (AvgIpc) is 3.16. The molecule has 1 aliphatic carbocycles. The summed E-state index contributed by atoms with van der Waals surface area (Å²) in [4.78, 5) is 26.2. The molecular formula is C18H16N2O3S. The van der Waals surface area contributed by atoms with Gasteiger partial charge >= 0.3 is 5.97 Å². The van der Waals surface area contributed by atoms with Crippen LogP contribution in [-0.4, -0.2) is 18.0 Å². The number of nitrogens with zero attached hydrogens (tertiary/aromatic N) is 1. The highest BCUT2D eigenvalue weighted by atomic mass is 32.1. The first-order valence-electron chi connectivity index (χ1n) is 7.71. The number of carbonyl (C=O) groups excluding carboxylic acids is 2. The molecule has 3 rings (SSSR count). The highest BCUT2D eigenvalue weighted by molar-refractivity contribution is 7.14. The van der Waals surface area contributed by atoms with E-state index in [2.05, 4.69) is 5.32 Å². The zero-order valence-corrected chi connectivity index (χ0v) is 14.0. The van der Waals surface area contributed by atoms with E-state index in [-0.39, 0.29) is 0 Å². The molecule has 1 N–H and O–H groups in total. The van der Waals surface area contributed by atoms with Crippen molar-refractivity contribution in [3.05, 3.63) is 51.2 Å². The summed E-state index contributed by atoms with van der Waals surface area (Å²) in [5.74, 6) is -0.944. The van der Waals surface area contributed by atoms with E-state index >= 15 is 0 Å². The van der Waals surface area contributed by atoms with Crippen LogP contribution in [0.25, 0.3) is 0 Å². The molecule has 0 saturated carbocycles. The summed E-state index contributed by atoms with van der Waals surface area (Å²) in [5, 5.41) is 11.7. The van der Waals surface area contributed by atoms with Gasteiger partial charge in [0.2, 0.25) is 0 Å². The van der Waals surface area contributed by atoms with Crippen molar-refractivity contribution in [3.63, 3.8) is 0 Å². The van der Waals surface area contributed by atoms with Crippen molar-refractivity contribution in [3.8, 4) is 6.07 Å². The van der Waals surface area contributed by atoms with Crippen LogP contribution in [0.2, 0.25) is 0 Å². The van der Waals surface area contributed by atoms with Gasteiger partial charge in [-0.25, -0.2) is 4.79 Å². The molecular weight excluding hydrogens is 324 g/mol. The van der Waals surface area contributed by atoms with Crippen molar-refractivity contribution in [2.24, 2.45) is 0 Å². The molecule has 6 heteroatoms. The zero-order chi connectivity index (χ0) is 17.1. The maximum Gasteiger partial charge on any atom is 0.349 e. The maximum atomic E-state index is 12.2. The Bertz CT molecular complexity index is 814. The number of thiophene rings is 1. The number of nitriles is 1. The third kappa shape index (κ3) is 3.31. The predicted octanol–water partition coefficient (Wildman–Crippen LogP) is 3.29. The third-order valence-corrected chi connectivity index (χ3v) is 5.12. The van der Waals surface area contributed by atoms with Crippen LogP contribution in [0.3, 0.4) is 0 Å². The molecule has 0 bridgehead atoms. The van der Waals surface area contributed by atoms with Crippen LogP contribution < -0.4 is 5.32 Å². The lowest BCUT2D eigenvalue weighted by Crippen LogP contribution is -2.30. The molecule has 0 saturated heterocycles. The minimum atomic E-state index is -0.943. The molecule has 1 aromatic carbocycles. The maximum absolute atomic E-state index is 12.2. The lowest BCUT2D eigenvalue weighted by molar-refractivity contribution is -0.123. The number of rotatable bonds is 4. The number of fused-ring (bicyclic) bond motifs is 1. The molecule has 1 atom stereocenters. The van der Waals surface area contributed by atoms with Gasteiger partial charge in [-0.15, -0.1) is 11.3 Å². The Morgan fingerprint density at radius 3 is 2.88 bits per heavy atom. The standard InChI is InChI=1S/C18H16N2O3S/c1-11(17(21)20-14-7-3-2-5-13(14)10-19)23-18(22)16-9-12-6-4-8-15(12)24-16/h2-3,5,7,9,11H,4,6,8H2,1H3,(H,20,21)/t11-/m1/s1. The first kappa shape index (κ1) is 16.2. The number of hydrogen-bond donors (Lipinski definition) is 1. The Morgan fingerprint density at radius 2 is 2.12 bits per heavy atom. The summed E-state index contributed by atoms with van der Waals surface area (Å²) < 4.78 is 5.26. The topological polar surface area (TPSA) is 79.2 Å². The molecule has 5 nitrogen and oxygen atoms in total. The van der Waals surface area contributed by atoms with Crippen LogP contribution >= 0.6 is 11.3 Å². The predicted molar refractivity (Wildman–Crippen MR) is 91.0 cm³/mol. The van der Waals surface area contributed by atoms with Gasteiger partial charge in [-0.3, -0.25) is 4.79 Å². The SMILES string of the molecule is C[C@@H](OC(=O)c1cc2c(s1)CCC2)C(=O)Nc1ccccc1C#N. The summed E-state index contributed by atoms with van der Waals surface area (Å²) in [7, 11) is 0. The van der Waals surface area contributed by atoms with Gasteiger partial charge in [-0.1, -0.05) is 12.1 Å². The van der Waals surface area contributed by atoms with Gasteiger partial charge in [-0.05, 0) is 49.9 Å². The summed E-state index contributed by atoms with van der Waals surface area (Å²) >= 11 is 1.44. The minimum absolute atomic E-state index is 0.360. The molecule has 0 fully saturated rings. The van der Waals surface area contributed by atoms with Gasteiger partial charge in [0.15, 0.2) is 6.10 Å². The number of para-hydroxylation sites is 1. The summed E-state index contributed by atoms with van der Waals surface area (Å²) in [6.45, 7) is 1.52. The fourth-order valence-corrected chi connectivity index (χ4v) is 3.76. The molecule has 1 amide bonds. The number of anilines is 1. The lowest BCUT2D eigenvalue weighted by atomic mass is 10.2. The number of nitrogens with one attached hydrogen (secondary N) is 1. The summed E-state index contributed by atoms with van der Waals surface area (Å²) in [6.07, 6.45) is 2.20. The number of benzene rings is 1. The van der Waals surface area contributed by atoms with E-state index in [0.717, 1.165) is 19.3 Å². The Morgan fingerprint density at radius 1 is 1.33 bits per heavy atom. The number of ether oxygens (including phenoxy) is 1. The van der Waals surface area contributed by atoms with Crippen LogP contribution in [0.15, 0.2) is 30.3 Å². The fourth-order valence-electron chi connectivity index (χ4n) is 2.63. The lowest BCUT2D eigenvalue weighted by Gasteiger charge is -2.13. The van der Waals surface area contributed by atoms with Gasteiger partial charge in [0.1, 0.15) is 10.9 Å². The first-order valence-corrected chi connectivity index (χ1v) is 8.52. The number of carbonyl (C=O) groups is 2. The van der Waals surface area contributed by atoms with E-state index in [9.17, 15) is 9.59 Å². The number of hydrogen-bond acceptors (Lipinski definition) is 5. The van der Waals surface area contributed by atoms with E-state index in [1.165, 1.54) is 28.7 Å². The molecule has 24 heavy (non-hydrogen) atoms. The van der Waals surface area contributed by atoms with Crippen molar-refractivity contribution >= 4 is 28.9 Å². The van der Waals surface area contributed by atoms with Gasteiger partial charge in [0.05, 0.1) is 11.3 Å². The first-order chi connectivity index (χ1) is 11.6. The molecule has 0 radical (unpaired) electrons. The molecule has 0 aliphatic heterocycles. The average molecular weight is 340 g/mol. The second-order valence-electron chi connectivity index (χ2n) is 5.61. The van der Waals surface area contributed by atoms with Gasteiger partial charge in [0.25, 0.3) is 5.91 Å². The smallest absolute Gasteiger partial charge is 0.349 e. The normalized spacial score (nSPS) is 13.7. The molecule has 2 aromatic rings. The van der Waals surface area contributed by atoms with Crippen LogP contribution in [0, 0.1) is 11.3 Å². The second-order valence-corrected chi connectivity index (χ2v) is 6.74. The Hall–Kier alpha value is -2.65. The largest absolute Gasteiger partial charge is 0.448 e. The van der Waals surface area contributed by atoms with Gasteiger partial charge in [-0.2, -0.15) is 5.26 Å². The van der Waals surface area contributed by atoms with Crippen molar-refractivity contribution in [1.29, 1.82) is 5.26 Å². The Kier molecular flexibility index (Phi) is 4.63. The molecule has 122 valence electrons. The molecule has 1 heterocycles. The molecule has 1 aliphatic rings. The third-order valence-electron chi connectivity index (χ3n) is 3.91. The summed E-state index contributed by atoms with van der Waals surface area (Å²) in [6, 6.07) is 10.6. The Labute approximate surface area is 143 Å². The number of amides is 1. The summed E-state index contributed by atoms with van der Waals surface area (Å²) in [5.41, 5.74) is 1.98. The van der Waals surface area contributed by atoms with E-state index < -0.39 is 18.0 Å². The van der Waals surface area contributed by atoms with E-state index in [1.807, 2.05) is 12.1 Å². The van der Waals surface area contributed by atoms with E-state index in [0.29, 0.717) is 16.1 Å². The Balaban J connectivity index is 1.63. The van der Waals surface area contributed by atoms with E-state index in [4.69, 9.17) is 10.00 Å². The van der Waals surface area contributed by atoms with Crippen molar-refractivity contribution in [1.82, 2.24) is 0 Å².